The topological polar surface area (TPSA) is 51.4 Å². The van der Waals surface area contributed by atoms with Crippen LogP contribution in [0.25, 0.3) is 0 Å². The van der Waals surface area contributed by atoms with Crippen molar-refractivity contribution in [3.63, 3.8) is 0 Å². The molecule has 1 saturated heterocycles. The largest absolute Gasteiger partial charge is 0.381 e. The number of piperidine rings is 1. The van der Waals surface area contributed by atoms with Crippen LogP contribution in [0.1, 0.15) is 31.4 Å². The highest BCUT2D eigenvalue weighted by atomic mass is 16.5. The Labute approximate surface area is 103 Å². The molecule has 4 heteroatoms. The molecule has 2 rings (SSSR count). The molecule has 17 heavy (non-hydrogen) atoms. The van der Waals surface area contributed by atoms with Crippen LogP contribution in [-0.2, 0) is 4.74 Å². The maximum atomic E-state index is 5.81. The highest BCUT2D eigenvalue weighted by molar-refractivity contribution is 5.40. The Kier molecular flexibility index (Phi) is 3.97. The number of nitrogens with two attached hydrogens (primary N) is 1. The van der Waals surface area contributed by atoms with Crippen LogP contribution in [0.15, 0.2) is 18.3 Å². The van der Waals surface area contributed by atoms with E-state index in [2.05, 4.69) is 22.0 Å². The van der Waals surface area contributed by atoms with Gasteiger partial charge in [0.25, 0.3) is 0 Å². The van der Waals surface area contributed by atoms with Crippen LogP contribution in [0.3, 0.4) is 0 Å². The maximum Gasteiger partial charge on any atom is 0.128 e. The predicted molar refractivity (Wildman–Crippen MR) is 69.1 cm³/mol. The smallest absolute Gasteiger partial charge is 0.128 e. The fourth-order valence-electron chi connectivity index (χ4n) is 2.17. The SMILES string of the molecule is COC1CCN(c2ccc(C(C)N)cn2)CC1. The first-order valence-electron chi connectivity index (χ1n) is 6.20. The summed E-state index contributed by atoms with van der Waals surface area (Å²) >= 11 is 0. The highest BCUT2D eigenvalue weighted by Gasteiger charge is 2.19. The Hall–Kier alpha value is -1.13. The minimum absolute atomic E-state index is 0.0516. The zero-order valence-corrected chi connectivity index (χ0v) is 10.6. The number of ether oxygens (including phenoxy) is 1. The van der Waals surface area contributed by atoms with Crippen molar-refractivity contribution in [3.8, 4) is 0 Å². The molecule has 0 radical (unpaired) electrons. The van der Waals surface area contributed by atoms with E-state index in [0.29, 0.717) is 6.10 Å². The number of hydrogen-bond acceptors (Lipinski definition) is 4. The number of anilines is 1. The standard InChI is InChI=1S/C13H21N3O/c1-10(14)11-3-4-13(15-9-11)16-7-5-12(17-2)6-8-16/h3-4,9-10,12H,5-8,14H2,1-2H3. The molecule has 0 bridgehead atoms. The van der Waals surface area contributed by atoms with Gasteiger partial charge in [0.1, 0.15) is 5.82 Å². The van der Waals surface area contributed by atoms with Crippen LogP contribution in [0.5, 0.6) is 0 Å². The summed E-state index contributed by atoms with van der Waals surface area (Å²) in [5, 5.41) is 0. The lowest BCUT2D eigenvalue weighted by Crippen LogP contribution is -2.37. The lowest BCUT2D eigenvalue weighted by Gasteiger charge is -2.32. The second-order valence-electron chi connectivity index (χ2n) is 4.66. The molecule has 1 atom stereocenters. The average molecular weight is 235 g/mol. The molecule has 0 amide bonds. The van der Waals surface area contributed by atoms with Gasteiger partial charge in [0.05, 0.1) is 6.10 Å². The van der Waals surface area contributed by atoms with Gasteiger partial charge in [0.2, 0.25) is 0 Å². The lowest BCUT2D eigenvalue weighted by molar-refractivity contribution is 0.0818. The zero-order valence-electron chi connectivity index (χ0n) is 10.6. The van der Waals surface area contributed by atoms with Gasteiger partial charge in [-0.25, -0.2) is 4.98 Å². The molecule has 1 aromatic heterocycles. The molecule has 0 aromatic carbocycles. The first-order chi connectivity index (χ1) is 8.20. The normalized spacial score (nSPS) is 19.4. The van der Waals surface area contributed by atoms with Gasteiger partial charge in [-0.1, -0.05) is 6.07 Å². The molecule has 1 aliphatic heterocycles. The van der Waals surface area contributed by atoms with Gasteiger partial charge < -0.3 is 15.4 Å². The Morgan fingerprint density at radius 3 is 2.59 bits per heavy atom. The number of nitrogens with zero attached hydrogens (tertiary/aromatic N) is 2. The van der Waals surface area contributed by atoms with Crippen molar-refractivity contribution in [1.29, 1.82) is 0 Å². The summed E-state index contributed by atoms with van der Waals surface area (Å²) in [7, 11) is 1.79. The third-order valence-electron chi connectivity index (χ3n) is 3.40. The van der Waals surface area contributed by atoms with Crippen LogP contribution in [0.4, 0.5) is 5.82 Å². The molecule has 2 heterocycles. The quantitative estimate of drug-likeness (QED) is 0.866. The van der Waals surface area contributed by atoms with Gasteiger partial charge >= 0.3 is 0 Å². The van der Waals surface area contributed by atoms with Gasteiger partial charge in [-0.3, -0.25) is 0 Å². The van der Waals surface area contributed by atoms with Crippen molar-refractivity contribution in [2.75, 3.05) is 25.1 Å². The summed E-state index contributed by atoms with van der Waals surface area (Å²) in [4.78, 5) is 6.79. The zero-order chi connectivity index (χ0) is 12.3. The van der Waals surface area contributed by atoms with E-state index in [1.807, 2.05) is 13.1 Å². The average Bonchev–Trinajstić information content (AvgIpc) is 2.39. The summed E-state index contributed by atoms with van der Waals surface area (Å²) in [5.41, 5.74) is 6.89. The van der Waals surface area contributed by atoms with Crippen molar-refractivity contribution in [1.82, 2.24) is 4.98 Å². The third kappa shape index (κ3) is 2.96. The number of hydrogen-bond donors (Lipinski definition) is 1. The fraction of sp³-hybridized carbons (Fsp3) is 0.615. The second-order valence-corrected chi connectivity index (χ2v) is 4.66. The fourth-order valence-corrected chi connectivity index (χ4v) is 2.17. The van der Waals surface area contributed by atoms with E-state index >= 15 is 0 Å². The molecular weight excluding hydrogens is 214 g/mol. The van der Waals surface area contributed by atoms with Crippen LogP contribution in [0, 0.1) is 0 Å². The van der Waals surface area contributed by atoms with Crippen molar-refractivity contribution in [2.45, 2.75) is 31.9 Å². The molecular formula is C13H21N3O. The van der Waals surface area contributed by atoms with E-state index < -0.39 is 0 Å². The lowest BCUT2D eigenvalue weighted by atomic mass is 10.1. The van der Waals surface area contributed by atoms with Crippen molar-refractivity contribution in [3.05, 3.63) is 23.9 Å². The van der Waals surface area contributed by atoms with E-state index in [1.165, 1.54) is 0 Å². The maximum absolute atomic E-state index is 5.81. The van der Waals surface area contributed by atoms with E-state index in [-0.39, 0.29) is 6.04 Å². The Bertz CT molecular complexity index is 342. The Morgan fingerprint density at radius 2 is 2.12 bits per heavy atom. The van der Waals surface area contributed by atoms with E-state index in [4.69, 9.17) is 10.5 Å². The van der Waals surface area contributed by atoms with Crippen LogP contribution < -0.4 is 10.6 Å². The summed E-state index contributed by atoms with van der Waals surface area (Å²) in [6, 6.07) is 4.18. The number of aromatic nitrogens is 1. The van der Waals surface area contributed by atoms with Gasteiger partial charge in [-0.15, -0.1) is 0 Å². The Morgan fingerprint density at radius 1 is 1.41 bits per heavy atom. The minimum Gasteiger partial charge on any atom is -0.381 e. The van der Waals surface area contributed by atoms with Gasteiger partial charge in [-0.2, -0.15) is 0 Å². The predicted octanol–water partition coefficient (Wildman–Crippen LogP) is 1.72. The van der Waals surface area contributed by atoms with E-state index in [0.717, 1.165) is 37.3 Å². The molecule has 0 saturated carbocycles. The monoisotopic (exact) mass is 235 g/mol. The highest BCUT2D eigenvalue weighted by Crippen LogP contribution is 2.20. The van der Waals surface area contributed by atoms with Gasteiger partial charge in [-0.05, 0) is 31.4 Å². The van der Waals surface area contributed by atoms with E-state index in [9.17, 15) is 0 Å². The third-order valence-corrected chi connectivity index (χ3v) is 3.40. The molecule has 1 fully saturated rings. The number of pyridine rings is 1. The first kappa shape index (κ1) is 12.3. The molecule has 94 valence electrons. The Balaban J connectivity index is 1.99. The van der Waals surface area contributed by atoms with Crippen molar-refractivity contribution in [2.24, 2.45) is 5.73 Å². The van der Waals surface area contributed by atoms with E-state index in [1.54, 1.807) is 7.11 Å². The summed E-state index contributed by atoms with van der Waals surface area (Å²) in [6.07, 6.45) is 4.44. The molecule has 0 spiro atoms. The molecule has 1 aromatic rings. The van der Waals surface area contributed by atoms with Crippen LogP contribution >= 0.6 is 0 Å². The second kappa shape index (κ2) is 5.47. The molecule has 1 unspecified atom stereocenters. The van der Waals surface area contributed by atoms with Crippen molar-refractivity contribution < 1.29 is 4.74 Å². The summed E-state index contributed by atoms with van der Waals surface area (Å²) < 4.78 is 5.36. The molecule has 1 aliphatic rings. The van der Waals surface area contributed by atoms with Gasteiger partial charge in [0.15, 0.2) is 0 Å². The number of methoxy groups -OCH3 is 1. The van der Waals surface area contributed by atoms with Crippen LogP contribution in [-0.4, -0.2) is 31.3 Å². The summed E-state index contributed by atoms with van der Waals surface area (Å²) in [6.45, 7) is 4.01. The number of rotatable bonds is 3. The molecule has 0 aliphatic carbocycles. The first-order valence-corrected chi connectivity index (χ1v) is 6.20. The molecule has 2 N–H and O–H groups in total. The minimum atomic E-state index is 0.0516. The van der Waals surface area contributed by atoms with Gasteiger partial charge in [0, 0.05) is 32.4 Å². The molecule has 4 nitrogen and oxygen atoms in total. The summed E-state index contributed by atoms with van der Waals surface area (Å²) in [5.74, 6) is 1.05. The van der Waals surface area contributed by atoms with Crippen molar-refractivity contribution >= 4 is 5.82 Å². The van der Waals surface area contributed by atoms with Crippen LogP contribution in [0.2, 0.25) is 0 Å².